The van der Waals surface area contributed by atoms with Gasteiger partial charge in [0.15, 0.2) is 0 Å². The second-order valence-corrected chi connectivity index (χ2v) is 5.06. The highest BCUT2D eigenvalue weighted by Gasteiger charge is 2.42. The van der Waals surface area contributed by atoms with E-state index < -0.39 is 0 Å². The van der Waals surface area contributed by atoms with Crippen LogP contribution in [0.2, 0.25) is 0 Å². The first-order chi connectivity index (χ1) is 6.27. The van der Waals surface area contributed by atoms with Gasteiger partial charge in [-0.2, -0.15) is 5.26 Å². The fraction of sp³-hybridized carbons (Fsp3) is 0.917. The van der Waals surface area contributed by atoms with Crippen molar-refractivity contribution in [3.05, 3.63) is 0 Å². The van der Waals surface area contributed by atoms with Crippen molar-refractivity contribution < 1.29 is 0 Å². The molecular weight excluding hydrogens is 158 g/mol. The summed E-state index contributed by atoms with van der Waals surface area (Å²) in [4.78, 5) is 0. The lowest BCUT2D eigenvalue weighted by Gasteiger charge is -2.35. The van der Waals surface area contributed by atoms with Gasteiger partial charge >= 0.3 is 0 Å². The Morgan fingerprint density at radius 2 is 2.08 bits per heavy atom. The second-order valence-electron chi connectivity index (χ2n) is 5.06. The van der Waals surface area contributed by atoms with Crippen LogP contribution < -0.4 is 0 Å². The Bertz CT molecular complexity index is 224. The van der Waals surface area contributed by atoms with Crippen molar-refractivity contribution in [3.8, 4) is 6.07 Å². The highest BCUT2D eigenvalue weighted by atomic mass is 14.5. The van der Waals surface area contributed by atoms with Crippen LogP contribution in [0.1, 0.15) is 51.9 Å². The van der Waals surface area contributed by atoms with Gasteiger partial charge in [-0.05, 0) is 31.1 Å². The van der Waals surface area contributed by atoms with Gasteiger partial charge in [-0.1, -0.05) is 32.6 Å². The summed E-state index contributed by atoms with van der Waals surface area (Å²) in [6.07, 6.45) is 9.10. The summed E-state index contributed by atoms with van der Waals surface area (Å²) in [6.45, 7) is 2.27. The van der Waals surface area contributed by atoms with E-state index in [0.717, 1.165) is 5.92 Å². The molecule has 72 valence electrons. The molecule has 2 aliphatic carbocycles. The minimum atomic E-state index is 0.0745. The molecule has 2 rings (SSSR count). The third-order valence-electron chi connectivity index (χ3n) is 4.30. The van der Waals surface area contributed by atoms with Crippen LogP contribution in [-0.4, -0.2) is 0 Å². The predicted molar refractivity (Wildman–Crippen MR) is 53.0 cm³/mol. The van der Waals surface area contributed by atoms with Crippen LogP contribution in [0.25, 0.3) is 0 Å². The molecule has 2 fully saturated rings. The summed E-state index contributed by atoms with van der Waals surface area (Å²) in [6, 6.07) is 2.63. The summed E-state index contributed by atoms with van der Waals surface area (Å²) >= 11 is 0. The van der Waals surface area contributed by atoms with Crippen LogP contribution in [0.15, 0.2) is 0 Å². The number of hydrogen-bond acceptors (Lipinski definition) is 1. The molecule has 0 aromatic heterocycles. The van der Waals surface area contributed by atoms with Gasteiger partial charge in [-0.15, -0.1) is 0 Å². The summed E-state index contributed by atoms with van der Waals surface area (Å²) in [5.74, 6) is 1.54. The van der Waals surface area contributed by atoms with E-state index in [-0.39, 0.29) is 5.41 Å². The van der Waals surface area contributed by atoms with Crippen molar-refractivity contribution in [2.45, 2.75) is 51.9 Å². The van der Waals surface area contributed by atoms with Gasteiger partial charge in [0.25, 0.3) is 0 Å². The number of nitrogens with zero attached hydrogens (tertiary/aromatic N) is 1. The zero-order valence-electron chi connectivity index (χ0n) is 8.55. The van der Waals surface area contributed by atoms with Crippen LogP contribution >= 0.6 is 0 Å². The standard InChI is InChI=1S/C12H19N/c1-10-4-3-7-12(10,9-13)8-11-5-2-6-11/h10-11H,2-8H2,1H3. The Morgan fingerprint density at radius 1 is 1.31 bits per heavy atom. The summed E-state index contributed by atoms with van der Waals surface area (Å²) < 4.78 is 0. The maximum Gasteiger partial charge on any atom is 0.0692 e. The first-order valence-corrected chi connectivity index (χ1v) is 5.68. The zero-order chi connectivity index (χ0) is 9.31. The molecule has 0 aromatic carbocycles. The molecule has 2 aliphatic rings. The van der Waals surface area contributed by atoms with Gasteiger partial charge in [0.05, 0.1) is 11.5 Å². The van der Waals surface area contributed by atoms with Crippen LogP contribution in [0.4, 0.5) is 0 Å². The molecule has 0 aromatic rings. The van der Waals surface area contributed by atoms with Gasteiger partial charge in [0, 0.05) is 0 Å². The fourth-order valence-corrected chi connectivity index (χ4v) is 2.97. The first-order valence-electron chi connectivity index (χ1n) is 5.68. The summed E-state index contributed by atoms with van der Waals surface area (Å²) in [5.41, 5.74) is 0.0745. The lowest BCUT2D eigenvalue weighted by Crippen LogP contribution is -2.27. The maximum atomic E-state index is 9.31. The minimum Gasteiger partial charge on any atom is -0.198 e. The predicted octanol–water partition coefficient (Wildman–Crippen LogP) is 3.51. The molecule has 2 saturated carbocycles. The molecule has 0 spiro atoms. The lowest BCUT2D eigenvalue weighted by molar-refractivity contribution is 0.175. The van der Waals surface area contributed by atoms with Crippen molar-refractivity contribution in [1.82, 2.24) is 0 Å². The Kier molecular flexibility index (Phi) is 2.32. The Hall–Kier alpha value is -0.510. The Balaban J connectivity index is 2.01. The molecular formula is C12H19N. The van der Waals surface area contributed by atoms with Crippen molar-refractivity contribution in [3.63, 3.8) is 0 Å². The van der Waals surface area contributed by atoms with Crippen LogP contribution in [0, 0.1) is 28.6 Å². The Labute approximate surface area is 81.1 Å². The number of rotatable bonds is 2. The third kappa shape index (κ3) is 1.47. The smallest absolute Gasteiger partial charge is 0.0692 e. The molecule has 2 atom stereocenters. The monoisotopic (exact) mass is 177 g/mol. The molecule has 2 unspecified atom stereocenters. The van der Waals surface area contributed by atoms with Crippen LogP contribution in [-0.2, 0) is 0 Å². The van der Waals surface area contributed by atoms with E-state index in [1.54, 1.807) is 0 Å². The van der Waals surface area contributed by atoms with Crippen LogP contribution in [0.5, 0.6) is 0 Å². The second kappa shape index (κ2) is 3.33. The molecule has 0 aliphatic heterocycles. The van der Waals surface area contributed by atoms with Crippen molar-refractivity contribution >= 4 is 0 Å². The highest BCUT2D eigenvalue weighted by Crippen LogP contribution is 2.50. The first kappa shape index (κ1) is 9.06. The van der Waals surface area contributed by atoms with Gasteiger partial charge in [0.1, 0.15) is 0 Å². The van der Waals surface area contributed by atoms with Gasteiger partial charge in [-0.25, -0.2) is 0 Å². The number of hydrogen-bond donors (Lipinski definition) is 0. The molecule has 0 heterocycles. The van der Waals surface area contributed by atoms with Gasteiger partial charge in [-0.3, -0.25) is 0 Å². The largest absolute Gasteiger partial charge is 0.198 e. The SMILES string of the molecule is CC1CCCC1(C#N)CC1CCC1. The lowest BCUT2D eigenvalue weighted by atomic mass is 9.68. The van der Waals surface area contributed by atoms with Crippen molar-refractivity contribution in [2.75, 3.05) is 0 Å². The highest BCUT2D eigenvalue weighted by molar-refractivity contribution is 5.06. The molecule has 0 radical (unpaired) electrons. The molecule has 0 N–H and O–H groups in total. The van der Waals surface area contributed by atoms with Crippen molar-refractivity contribution in [1.29, 1.82) is 5.26 Å². The topological polar surface area (TPSA) is 23.8 Å². The Morgan fingerprint density at radius 3 is 2.46 bits per heavy atom. The molecule has 13 heavy (non-hydrogen) atoms. The molecule has 1 heteroatoms. The third-order valence-corrected chi connectivity index (χ3v) is 4.30. The normalized spacial score (nSPS) is 39.8. The van der Waals surface area contributed by atoms with E-state index in [4.69, 9.17) is 0 Å². The molecule has 1 nitrogen and oxygen atoms in total. The average Bonchev–Trinajstić information content (AvgIpc) is 2.41. The van der Waals surface area contributed by atoms with E-state index >= 15 is 0 Å². The van der Waals surface area contributed by atoms with Crippen LogP contribution in [0.3, 0.4) is 0 Å². The summed E-state index contributed by atoms with van der Waals surface area (Å²) in [5, 5.41) is 9.31. The van der Waals surface area contributed by atoms with E-state index in [9.17, 15) is 5.26 Å². The van der Waals surface area contributed by atoms with Crippen molar-refractivity contribution in [2.24, 2.45) is 17.3 Å². The summed E-state index contributed by atoms with van der Waals surface area (Å²) in [7, 11) is 0. The van der Waals surface area contributed by atoms with Gasteiger partial charge < -0.3 is 0 Å². The van der Waals surface area contributed by atoms with E-state index in [1.807, 2.05) is 0 Å². The van der Waals surface area contributed by atoms with E-state index in [1.165, 1.54) is 44.9 Å². The molecule has 0 saturated heterocycles. The minimum absolute atomic E-state index is 0.0745. The maximum absolute atomic E-state index is 9.31. The van der Waals surface area contributed by atoms with Gasteiger partial charge in [0.2, 0.25) is 0 Å². The zero-order valence-corrected chi connectivity index (χ0v) is 8.55. The van der Waals surface area contributed by atoms with E-state index in [0.29, 0.717) is 5.92 Å². The number of nitriles is 1. The molecule has 0 amide bonds. The quantitative estimate of drug-likeness (QED) is 0.633. The molecule has 0 bridgehead atoms. The van der Waals surface area contributed by atoms with E-state index in [2.05, 4.69) is 13.0 Å². The fourth-order valence-electron chi connectivity index (χ4n) is 2.97. The average molecular weight is 177 g/mol.